The van der Waals surface area contributed by atoms with Crippen molar-refractivity contribution in [2.75, 3.05) is 26.1 Å². The summed E-state index contributed by atoms with van der Waals surface area (Å²) in [7, 11) is 3.12. The molecule has 0 aromatic heterocycles. The van der Waals surface area contributed by atoms with Crippen molar-refractivity contribution in [3.8, 4) is 11.5 Å². The van der Waals surface area contributed by atoms with Crippen LogP contribution in [0.25, 0.3) is 0 Å². The molecule has 0 aliphatic heterocycles. The fourth-order valence-corrected chi connectivity index (χ4v) is 2.50. The van der Waals surface area contributed by atoms with E-state index in [4.69, 9.17) is 14.3 Å². The van der Waals surface area contributed by atoms with Gasteiger partial charge in [-0.25, -0.2) is 0 Å². The molecule has 0 heterocycles. The minimum Gasteiger partial charge on any atom is -0.493 e. The summed E-state index contributed by atoms with van der Waals surface area (Å²) < 4.78 is 10.5. The van der Waals surface area contributed by atoms with Gasteiger partial charge in [-0.2, -0.15) is 0 Å². The van der Waals surface area contributed by atoms with Gasteiger partial charge in [0.1, 0.15) is 0 Å². The minimum atomic E-state index is -0.271. The van der Waals surface area contributed by atoms with Gasteiger partial charge in [0, 0.05) is 11.3 Å². The van der Waals surface area contributed by atoms with E-state index in [0.29, 0.717) is 23.0 Å². The standard InChI is InChI=1S/C20H24N2O4/c1-14(2)16-9-5-6-10-17(16)22-19(23)13-26-21-12-15-8-7-11-18(24-3)20(15)25-4/h5-12,14H,13H2,1-4H3,(H,22,23)/b21-12-. The Hall–Kier alpha value is -3.02. The topological polar surface area (TPSA) is 69.2 Å². The first-order chi connectivity index (χ1) is 12.6. The smallest absolute Gasteiger partial charge is 0.265 e. The van der Waals surface area contributed by atoms with Crippen molar-refractivity contribution in [1.29, 1.82) is 0 Å². The van der Waals surface area contributed by atoms with Crippen LogP contribution in [0, 0.1) is 0 Å². The molecule has 0 bridgehead atoms. The van der Waals surface area contributed by atoms with Crippen LogP contribution in [0.1, 0.15) is 30.9 Å². The van der Waals surface area contributed by atoms with Gasteiger partial charge in [-0.15, -0.1) is 0 Å². The quantitative estimate of drug-likeness (QED) is 0.577. The average molecular weight is 356 g/mol. The third-order valence-electron chi connectivity index (χ3n) is 3.75. The average Bonchev–Trinajstić information content (AvgIpc) is 2.65. The van der Waals surface area contributed by atoms with E-state index in [9.17, 15) is 4.79 Å². The van der Waals surface area contributed by atoms with Crippen LogP contribution in [-0.2, 0) is 9.63 Å². The Morgan fingerprint density at radius 1 is 1.12 bits per heavy atom. The third kappa shape index (κ3) is 4.99. The summed E-state index contributed by atoms with van der Waals surface area (Å²) in [4.78, 5) is 17.2. The molecule has 0 spiro atoms. The van der Waals surface area contributed by atoms with Gasteiger partial charge in [-0.3, -0.25) is 4.79 Å². The zero-order chi connectivity index (χ0) is 18.9. The van der Waals surface area contributed by atoms with Crippen LogP contribution in [0.3, 0.4) is 0 Å². The fraction of sp³-hybridized carbons (Fsp3) is 0.300. The SMILES string of the molecule is COc1cccc(/C=N\OCC(=O)Nc2ccccc2C(C)C)c1OC. The number of methoxy groups -OCH3 is 2. The Morgan fingerprint density at radius 2 is 1.88 bits per heavy atom. The van der Waals surface area contributed by atoms with Gasteiger partial charge in [-0.1, -0.05) is 43.3 Å². The van der Waals surface area contributed by atoms with E-state index in [2.05, 4.69) is 24.3 Å². The van der Waals surface area contributed by atoms with Gasteiger partial charge >= 0.3 is 0 Å². The summed E-state index contributed by atoms with van der Waals surface area (Å²) in [6.45, 7) is 3.97. The summed E-state index contributed by atoms with van der Waals surface area (Å²) in [5.41, 5.74) is 2.55. The number of rotatable bonds is 8. The van der Waals surface area contributed by atoms with Crippen molar-refractivity contribution in [2.24, 2.45) is 5.16 Å². The third-order valence-corrected chi connectivity index (χ3v) is 3.75. The number of hydrogen-bond acceptors (Lipinski definition) is 5. The van der Waals surface area contributed by atoms with E-state index in [0.717, 1.165) is 11.3 Å². The van der Waals surface area contributed by atoms with Gasteiger partial charge < -0.3 is 19.6 Å². The molecule has 0 unspecified atom stereocenters. The van der Waals surface area contributed by atoms with Crippen molar-refractivity contribution >= 4 is 17.8 Å². The van der Waals surface area contributed by atoms with Crippen molar-refractivity contribution in [1.82, 2.24) is 0 Å². The highest BCUT2D eigenvalue weighted by molar-refractivity contribution is 5.92. The molecular formula is C20H24N2O4. The molecule has 2 rings (SSSR count). The van der Waals surface area contributed by atoms with Crippen LogP contribution in [0.5, 0.6) is 11.5 Å². The molecular weight excluding hydrogens is 332 g/mol. The van der Waals surface area contributed by atoms with Crippen molar-refractivity contribution in [2.45, 2.75) is 19.8 Å². The van der Waals surface area contributed by atoms with Crippen molar-refractivity contribution < 1.29 is 19.1 Å². The van der Waals surface area contributed by atoms with E-state index >= 15 is 0 Å². The number of carbonyl (C=O) groups is 1. The van der Waals surface area contributed by atoms with Crippen LogP contribution >= 0.6 is 0 Å². The maximum Gasteiger partial charge on any atom is 0.265 e. The van der Waals surface area contributed by atoms with Gasteiger partial charge in [0.2, 0.25) is 0 Å². The van der Waals surface area contributed by atoms with Crippen molar-refractivity contribution in [3.63, 3.8) is 0 Å². The molecule has 0 aliphatic carbocycles. The molecule has 0 aliphatic rings. The molecule has 6 heteroatoms. The van der Waals surface area contributed by atoms with Gasteiger partial charge in [0.25, 0.3) is 5.91 Å². The number of benzene rings is 2. The number of hydrogen-bond donors (Lipinski definition) is 1. The predicted octanol–water partition coefficient (Wildman–Crippen LogP) is 3.82. The molecule has 1 amide bonds. The molecule has 6 nitrogen and oxygen atoms in total. The largest absolute Gasteiger partial charge is 0.493 e. The highest BCUT2D eigenvalue weighted by Crippen LogP contribution is 2.29. The van der Waals surface area contributed by atoms with Crippen LogP contribution < -0.4 is 14.8 Å². The highest BCUT2D eigenvalue weighted by Gasteiger charge is 2.10. The number of oxime groups is 1. The summed E-state index contributed by atoms with van der Waals surface area (Å²) in [5.74, 6) is 1.19. The Bertz CT molecular complexity index is 772. The van der Waals surface area contributed by atoms with E-state index in [1.54, 1.807) is 20.3 Å². The molecule has 0 fully saturated rings. The second-order valence-electron chi connectivity index (χ2n) is 5.88. The molecule has 2 aromatic carbocycles. The molecule has 0 atom stereocenters. The van der Waals surface area contributed by atoms with Gasteiger partial charge in [-0.05, 0) is 29.7 Å². The number of ether oxygens (including phenoxy) is 2. The summed E-state index contributed by atoms with van der Waals surface area (Å²) in [6.07, 6.45) is 1.48. The van der Waals surface area contributed by atoms with E-state index < -0.39 is 0 Å². The lowest BCUT2D eigenvalue weighted by Gasteiger charge is -2.13. The Kier molecular flexibility index (Phi) is 7.02. The number of nitrogens with one attached hydrogen (secondary N) is 1. The summed E-state index contributed by atoms with van der Waals surface area (Å²) >= 11 is 0. The predicted molar refractivity (Wildman–Crippen MR) is 102 cm³/mol. The molecule has 0 saturated heterocycles. The Labute approximate surface area is 153 Å². The molecule has 0 saturated carbocycles. The van der Waals surface area contributed by atoms with Crippen molar-refractivity contribution in [3.05, 3.63) is 53.6 Å². The first kappa shape index (κ1) is 19.3. The minimum absolute atomic E-state index is 0.185. The second kappa shape index (κ2) is 9.46. The lowest BCUT2D eigenvalue weighted by molar-refractivity contribution is -0.120. The van der Waals surface area contributed by atoms with E-state index in [1.807, 2.05) is 36.4 Å². The summed E-state index contributed by atoms with van der Waals surface area (Å²) in [5, 5.41) is 6.69. The maximum absolute atomic E-state index is 12.1. The first-order valence-corrected chi connectivity index (χ1v) is 8.32. The van der Waals surface area contributed by atoms with Crippen LogP contribution in [-0.4, -0.2) is 32.9 Å². The molecule has 26 heavy (non-hydrogen) atoms. The Morgan fingerprint density at radius 3 is 2.58 bits per heavy atom. The fourth-order valence-electron chi connectivity index (χ4n) is 2.50. The number of anilines is 1. The number of para-hydroxylation sites is 2. The molecule has 0 radical (unpaired) electrons. The van der Waals surface area contributed by atoms with Gasteiger partial charge in [0.15, 0.2) is 18.1 Å². The van der Waals surface area contributed by atoms with Gasteiger partial charge in [0.05, 0.1) is 20.4 Å². The molecule has 138 valence electrons. The van der Waals surface area contributed by atoms with Crippen LogP contribution in [0.2, 0.25) is 0 Å². The maximum atomic E-state index is 12.1. The number of carbonyl (C=O) groups excluding carboxylic acids is 1. The lowest BCUT2D eigenvalue weighted by Crippen LogP contribution is -2.18. The van der Waals surface area contributed by atoms with E-state index in [-0.39, 0.29) is 12.5 Å². The van der Waals surface area contributed by atoms with E-state index in [1.165, 1.54) is 6.21 Å². The summed E-state index contributed by atoms with van der Waals surface area (Å²) in [6, 6.07) is 13.1. The first-order valence-electron chi connectivity index (χ1n) is 8.32. The highest BCUT2D eigenvalue weighted by atomic mass is 16.6. The zero-order valence-electron chi connectivity index (χ0n) is 15.5. The number of nitrogens with zero attached hydrogens (tertiary/aromatic N) is 1. The van der Waals surface area contributed by atoms with Crippen LogP contribution in [0.4, 0.5) is 5.69 Å². The zero-order valence-corrected chi connectivity index (χ0v) is 15.5. The van der Waals surface area contributed by atoms with Crippen LogP contribution in [0.15, 0.2) is 47.6 Å². The number of amides is 1. The Balaban J connectivity index is 1.94. The monoisotopic (exact) mass is 356 g/mol. The molecule has 1 N–H and O–H groups in total. The normalized spacial score (nSPS) is 10.8. The second-order valence-corrected chi connectivity index (χ2v) is 5.88. The lowest BCUT2D eigenvalue weighted by atomic mass is 10.0. The molecule has 2 aromatic rings.